The summed E-state index contributed by atoms with van der Waals surface area (Å²) in [6, 6.07) is 1.28. The monoisotopic (exact) mass is 341 g/mol. The van der Waals surface area contributed by atoms with E-state index in [9.17, 15) is 13.6 Å². The lowest BCUT2D eigenvalue weighted by atomic mass is 10.2. The molecule has 16 heavy (non-hydrogen) atoms. The van der Waals surface area contributed by atoms with E-state index in [4.69, 9.17) is 4.74 Å². The molecule has 1 heterocycles. The zero-order valence-corrected chi connectivity index (χ0v) is 10.7. The van der Waals surface area contributed by atoms with Crippen molar-refractivity contribution >= 4 is 28.6 Å². The lowest BCUT2D eigenvalue weighted by Gasteiger charge is -2.06. The number of rotatable bonds is 4. The summed E-state index contributed by atoms with van der Waals surface area (Å²) in [5, 5.41) is 0. The highest BCUT2D eigenvalue weighted by atomic mass is 127. The molecule has 0 unspecified atom stereocenters. The number of aromatic nitrogens is 1. The van der Waals surface area contributed by atoms with Gasteiger partial charge in [0.05, 0.1) is 13.0 Å². The minimum atomic E-state index is -2.59. The van der Waals surface area contributed by atoms with Crippen molar-refractivity contribution in [2.75, 3.05) is 6.61 Å². The molecule has 1 aromatic heterocycles. The number of carbonyl (C=O) groups is 1. The van der Waals surface area contributed by atoms with Gasteiger partial charge >= 0.3 is 5.97 Å². The highest BCUT2D eigenvalue weighted by molar-refractivity contribution is 14.1. The number of nitrogens with zero attached hydrogens (tertiary/aromatic N) is 1. The summed E-state index contributed by atoms with van der Waals surface area (Å²) in [5.74, 6) is -0.382. The summed E-state index contributed by atoms with van der Waals surface area (Å²) < 4.78 is 30.0. The first-order chi connectivity index (χ1) is 7.54. The standard InChI is InChI=1S/C10H10F2INO2/c1-2-16-9(15)3-6-5-14-8(10(11)12)4-7(6)13/h4-5,10H,2-3H2,1H3. The van der Waals surface area contributed by atoms with Gasteiger partial charge in [-0.2, -0.15) is 0 Å². The maximum absolute atomic E-state index is 12.3. The van der Waals surface area contributed by atoms with Gasteiger partial charge in [0.15, 0.2) is 0 Å². The first kappa shape index (κ1) is 13.3. The third-order valence-electron chi connectivity index (χ3n) is 1.81. The van der Waals surface area contributed by atoms with Crippen LogP contribution in [0, 0.1) is 3.57 Å². The van der Waals surface area contributed by atoms with Crippen LogP contribution in [0.1, 0.15) is 24.6 Å². The Bertz CT molecular complexity index is 385. The van der Waals surface area contributed by atoms with Gasteiger partial charge in [0, 0.05) is 9.77 Å². The van der Waals surface area contributed by atoms with E-state index < -0.39 is 6.43 Å². The van der Waals surface area contributed by atoms with Crippen molar-refractivity contribution < 1.29 is 18.3 Å². The summed E-state index contributed by atoms with van der Waals surface area (Å²) in [7, 11) is 0. The minimum absolute atomic E-state index is 0.0582. The third kappa shape index (κ3) is 3.66. The van der Waals surface area contributed by atoms with Crippen LogP contribution in [0.25, 0.3) is 0 Å². The highest BCUT2D eigenvalue weighted by Gasteiger charge is 2.13. The van der Waals surface area contributed by atoms with Crippen molar-refractivity contribution in [3.63, 3.8) is 0 Å². The molecule has 0 saturated heterocycles. The quantitative estimate of drug-likeness (QED) is 0.625. The fourth-order valence-electron chi connectivity index (χ4n) is 1.09. The second kappa shape index (κ2) is 6.07. The predicted molar refractivity (Wildman–Crippen MR) is 62.2 cm³/mol. The van der Waals surface area contributed by atoms with Crippen LogP contribution in [0.5, 0.6) is 0 Å². The molecule has 0 aromatic carbocycles. The Balaban J connectivity index is 2.79. The molecule has 0 N–H and O–H groups in total. The van der Waals surface area contributed by atoms with Gasteiger partial charge in [-0.05, 0) is 41.1 Å². The molecular formula is C10H10F2INO2. The van der Waals surface area contributed by atoms with Crippen LogP contribution in [0.2, 0.25) is 0 Å². The summed E-state index contributed by atoms with van der Waals surface area (Å²) in [6.45, 7) is 2.01. The zero-order valence-electron chi connectivity index (χ0n) is 8.54. The number of carbonyl (C=O) groups excluding carboxylic acids is 1. The van der Waals surface area contributed by atoms with E-state index in [2.05, 4.69) is 4.98 Å². The molecule has 6 heteroatoms. The Hall–Kier alpha value is -0.790. The van der Waals surface area contributed by atoms with Crippen LogP contribution in [0.4, 0.5) is 8.78 Å². The van der Waals surface area contributed by atoms with Gasteiger partial charge in [0.2, 0.25) is 0 Å². The van der Waals surface area contributed by atoms with E-state index in [0.717, 1.165) is 0 Å². The summed E-state index contributed by atoms with van der Waals surface area (Å²) in [4.78, 5) is 14.8. The van der Waals surface area contributed by atoms with Crippen LogP contribution in [-0.4, -0.2) is 17.6 Å². The lowest BCUT2D eigenvalue weighted by Crippen LogP contribution is -2.09. The Morgan fingerprint density at radius 3 is 2.81 bits per heavy atom. The average Bonchev–Trinajstić information content (AvgIpc) is 2.21. The van der Waals surface area contributed by atoms with Crippen molar-refractivity contribution in [3.8, 4) is 0 Å². The maximum Gasteiger partial charge on any atom is 0.310 e. The van der Waals surface area contributed by atoms with Crippen LogP contribution < -0.4 is 0 Å². The van der Waals surface area contributed by atoms with Gasteiger partial charge in [-0.3, -0.25) is 9.78 Å². The van der Waals surface area contributed by atoms with Crippen molar-refractivity contribution in [2.24, 2.45) is 0 Å². The van der Waals surface area contributed by atoms with E-state index in [1.165, 1.54) is 12.3 Å². The van der Waals surface area contributed by atoms with E-state index in [1.807, 2.05) is 22.6 Å². The lowest BCUT2D eigenvalue weighted by molar-refractivity contribution is -0.142. The molecule has 0 amide bonds. The first-order valence-electron chi connectivity index (χ1n) is 4.62. The molecule has 1 aromatic rings. The molecule has 0 aliphatic heterocycles. The second-order valence-electron chi connectivity index (χ2n) is 2.98. The van der Waals surface area contributed by atoms with Crippen molar-refractivity contribution in [3.05, 3.63) is 27.1 Å². The largest absolute Gasteiger partial charge is 0.466 e. The Labute approximate surface area is 105 Å². The number of alkyl halides is 2. The number of esters is 1. The first-order valence-corrected chi connectivity index (χ1v) is 5.70. The molecule has 0 saturated carbocycles. The maximum atomic E-state index is 12.3. The highest BCUT2D eigenvalue weighted by Crippen LogP contribution is 2.20. The van der Waals surface area contributed by atoms with E-state index in [-0.39, 0.29) is 18.1 Å². The number of hydrogen-bond acceptors (Lipinski definition) is 3. The van der Waals surface area contributed by atoms with Gasteiger partial charge in [-0.25, -0.2) is 8.78 Å². The van der Waals surface area contributed by atoms with Gasteiger partial charge in [-0.1, -0.05) is 0 Å². The van der Waals surface area contributed by atoms with Gasteiger partial charge < -0.3 is 4.74 Å². The van der Waals surface area contributed by atoms with Crippen molar-refractivity contribution in [1.82, 2.24) is 4.98 Å². The average molecular weight is 341 g/mol. The minimum Gasteiger partial charge on any atom is -0.466 e. The van der Waals surface area contributed by atoms with Gasteiger partial charge in [-0.15, -0.1) is 0 Å². The zero-order chi connectivity index (χ0) is 12.1. The normalized spacial score (nSPS) is 10.6. The van der Waals surface area contributed by atoms with E-state index in [0.29, 0.717) is 15.7 Å². The number of pyridine rings is 1. The Morgan fingerprint density at radius 2 is 2.31 bits per heavy atom. The Kier molecular flexibility index (Phi) is 5.04. The van der Waals surface area contributed by atoms with Crippen molar-refractivity contribution in [2.45, 2.75) is 19.8 Å². The predicted octanol–water partition coefficient (Wildman–Crippen LogP) is 2.73. The summed E-state index contributed by atoms with van der Waals surface area (Å²) >= 11 is 1.90. The van der Waals surface area contributed by atoms with Crippen LogP contribution in [0.3, 0.4) is 0 Å². The fraction of sp³-hybridized carbons (Fsp3) is 0.400. The van der Waals surface area contributed by atoms with Crippen LogP contribution in [-0.2, 0) is 16.0 Å². The molecule has 0 fully saturated rings. The van der Waals surface area contributed by atoms with Crippen LogP contribution >= 0.6 is 22.6 Å². The fourth-order valence-corrected chi connectivity index (χ4v) is 1.74. The third-order valence-corrected chi connectivity index (χ3v) is 2.82. The van der Waals surface area contributed by atoms with Crippen molar-refractivity contribution in [1.29, 1.82) is 0 Å². The smallest absolute Gasteiger partial charge is 0.310 e. The number of ether oxygens (including phenoxy) is 1. The van der Waals surface area contributed by atoms with Gasteiger partial charge in [0.25, 0.3) is 6.43 Å². The molecule has 0 spiro atoms. The van der Waals surface area contributed by atoms with Gasteiger partial charge in [0.1, 0.15) is 5.69 Å². The SMILES string of the molecule is CCOC(=O)Cc1cnc(C(F)F)cc1I. The summed E-state index contributed by atoms with van der Waals surface area (Å²) in [6.07, 6.45) is -1.24. The molecule has 1 rings (SSSR count). The van der Waals surface area contributed by atoms with Crippen LogP contribution in [0.15, 0.2) is 12.3 Å². The molecule has 3 nitrogen and oxygen atoms in total. The van der Waals surface area contributed by atoms with E-state index in [1.54, 1.807) is 6.92 Å². The number of hydrogen-bond donors (Lipinski definition) is 0. The molecule has 0 radical (unpaired) electrons. The molecular weight excluding hydrogens is 331 g/mol. The molecule has 0 atom stereocenters. The molecule has 0 aliphatic rings. The van der Waals surface area contributed by atoms with E-state index >= 15 is 0 Å². The number of halogens is 3. The molecule has 88 valence electrons. The molecule has 0 aliphatic carbocycles. The molecule has 0 bridgehead atoms. The second-order valence-corrected chi connectivity index (χ2v) is 4.15. The Morgan fingerprint density at radius 1 is 1.62 bits per heavy atom. The topological polar surface area (TPSA) is 39.2 Å². The summed E-state index contributed by atoms with van der Waals surface area (Å²) in [5.41, 5.74) is 0.320.